The number of aryl methyl sites for hydroxylation is 1. The molecule has 17 heavy (non-hydrogen) atoms. The highest BCUT2D eigenvalue weighted by Crippen LogP contribution is 2.32. The molecule has 1 saturated carbocycles. The van der Waals surface area contributed by atoms with Gasteiger partial charge in [-0.2, -0.15) is 8.42 Å². The van der Waals surface area contributed by atoms with Gasteiger partial charge in [0, 0.05) is 0 Å². The lowest BCUT2D eigenvalue weighted by molar-refractivity contribution is 0.105. The van der Waals surface area contributed by atoms with Crippen LogP contribution in [0.4, 0.5) is 0 Å². The Labute approximate surface area is 103 Å². The van der Waals surface area contributed by atoms with Crippen LogP contribution in [0, 0.1) is 12.8 Å². The second-order valence-corrected chi connectivity index (χ2v) is 6.33. The molecule has 0 saturated heterocycles. The van der Waals surface area contributed by atoms with Crippen molar-refractivity contribution in [3.05, 3.63) is 29.8 Å². The first-order chi connectivity index (χ1) is 7.99. The van der Waals surface area contributed by atoms with Crippen molar-refractivity contribution < 1.29 is 12.6 Å². The Balaban J connectivity index is 2.10. The van der Waals surface area contributed by atoms with Gasteiger partial charge in [-0.25, -0.2) is 0 Å². The minimum absolute atomic E-state index is 0.213. The van der Waals surface area contributed by atoms with Crippen LogP contribution in [0.15, 0.2) is 29.2 Å². The third-order valence-corrected chi connectivity index (χ3v) is 4.81. The van der Waals surface area contributed by atoms with Gasteiger partial charge >= 0.3 is 0 Å². The first-order valence-electron chi connectivity index (χ1n) is 5.99. The highest BCUT2D eigenvalue weighted by atomic mass is 32.2. The normalized spacial score (nSPS) is 18.7. The molecule has 1 aromatic rings. The van der Waals surface area contributed by atoms with E-state index in [-0.39, 0.29) is 11.0 Å². The van der Waals surface area contributed by atoms with E-state index in [0.29, 0.717) is 5.92 Å². The summed E-state index contributed by atoms with van der Waals surface area (Å²) in [6.07, 6.45) is 3.12. The third-order valence-electron chi connectivity index (χ3n) is 3.40. The minimum atomic E-state index is -3.60. The zero-order valence-corrected chi connectivity index (χ0v) is 11.0. The molecular weight excluding hydrogens is 236 g/mol. The lowest BCUT2D eigenvalue weighted by Crippen LogP contribution is -2.29. The molecule has 1 aliphatic rings. The van der Waals surface area contributed by atoms with E-state index in [1.807, 2.05) is 13.8 Å². The maximum Gasteiger partial charge on any atom is 0.297 e. The number of hydrogen-bond donors (Lipinski definition) is 0. The second-order valence-electron chi connectivity index (χ2n) is 4.76. The van der Waals surface area contributed by atoms with E-state index in [0.717, 1.165) is 18.4 Å². The minimum Gasteiger partial charge on any atom is -0.263 e. The lowest BCUT2D eigenvalue weighted by atomic mass is 9.82. The Kier molecular flexibility index (Phi) is 3.54. The van der Waals surface area contributed by atoms with Crippen molar-refractivity contribution in [3.63, 3.8) is 0 Å². The van der Waals surface area contributed by atoms with Crippen LogP contribution < -0.4 is 0 Å². The summed E-state index contributed by atoms with van der Waals surface area (Å²) in [5.74, 6) is 0.398. The van der Waals surface area contributed by atoms with Crippen LogP contribution in [0.25, 0.3) is 0 Å². The zero-order chi connectivity index (χ0) is 12.5. The Morgan fingerprint density at radius 2 is 1.82 bits per heavy atom. The van der Waals surface area contributed by atoms with Crippen LogP contribution in [-0.4, -0.2) is 14.5 Å². The van der Waals surface area contributed by atoms with E-state index in [4.69, 9.17) is 4.18 Å². The van der Waals surface area contributed by atoms with E-state index in [2.05, 4.69) is 0 Å². The van der Waals surface area contributed by atoms with Crippen molar-refractivity contribution in [2.45, 2.75) is 44.1 Å². The fourth-order valence-corrected chi connectivity index (χ4v) is 3.09. The van der Waals surface area contributed by atoms with Crippen molar-refractivity contribution >= 4 is 10.1 Å². The van der Waals surface area contributed by atoms with Gasteiger partial charge in [-0.3, -0.25) is 4.18 Å². The maximum atomic E-state index is 12.0. The van der Waals surface area contributed by atoms with Crippen molar-refractivity contribution in [1.82, 2.24) is 0 Å². The molecule has 1 unspecified atom stereocenters. The van der Waals surface area contributed by atoms with E-state index >= 15 is 0 Å². The first-order valence-corrected chi connectivity index (χ1v) is 7.40. The Hall–Kier alpha value is -0.870. The molecule has 0 radical (unpaired) electrons. The van der Waals surface area contributed by atoms with Gasteiger partial charge < -0.3 is 0 Å². The van der Waals surface area contributed by atoms with Crippen LogP contribution in [-0.2, 0) is 14.3 Å². The SMILES string of the molecule is Cc1ccc(S(=O)(=O)OC(C)C2CCC2)cc1. The van der Waals surface area contributed by atoms with Crippen molar-refractivity contribution in [1.29, 1.82) is 0 Å². The zero-order valence-electron chi connectivity index (χ0n) is 10.2. The van der Waals surface area contributed by atoms with E-state index in [1.54, 1.807) is 24.3 Å². The summed E-state index contributed by atoms with van der Waals surface area (Å²) in [5.41, 5.74) is 1.04. The number of hydrogen-bond acceptors (Lipinski definition) is 3. The van der Waals surface area contributed by atoms with Gasteiger partial charge in [0.05, 0.1) is 11.0 Å². The predicted octanol–water partition coefficient (Wildman–Crippen LogP) is 2.89. The molecule has 3 nitrogen and oxygen atoms in total. The summed E-state index contributed by atoms with van der Waals surface area (Å²) in [7, 11) is -3.60. The molecule has 1 aromatic carbocycles. The molecule has 2 rings (SSSR count). The number of rotatable bonds is 4. The summed E-state index contributed by atoms with van der Waals surface area (Å²) in [5, 5.41) is 0. The molecule has 94 valence electrons. The van der Waals surface area contributed by atoms with Gasteiger partial charge in [0.1, 0.15) is 0 Å². The smallest absolute Gasteiger partial charge is 0.263 e. The quantitative estimate of drug-likeness (QED) is 0.776. The molecule has 0 N–H and O–H groups in total. The van der Waals surface area contributed by atoms with Crippen LogP contribution in [0.5, 0.6) is 0 Å². The van der Waals surface area contributed by atoms with Gasteiger partial charge in [-0.1, -0.05) is 24.1 Å². The molecule has 0 amide bonds. The Morgan fingerprint density at radius 1 is 1.24 bits per heavy atom. The van der Waals surface area contributed by atoms with Crippen LogP contribution in [0.3, 0.4) is 0 Å². The van der Waals surface area contributed by atoms with Crippen LogP contribution in [0.2, 0.25) is 0 Å². The predicted molar refractivity (Wildman–Crippen MR) is 66.3 cm³/mol. The standard InChI is InChI=1S/C13H18O3S/c1-10-6-8-13(9-7-10)17(14,15)16-11(2)12-4-3-5-12/h6-9,11-12H,3-5H2,1-2H3. The Morgan fingerprint density at radius 3 is 2.29 bits per heavy atom. The summed E-state index contributed by atoms with van der Waals surface area (Å²) in [6, 6.07) is 6.75. The van der Waals surface area contributed by atoms with Gasteiger partial charge in [0.15, 0.2) is 0 Å². The molecule has 0 aliphatic heterocycles. The van der Waals surface area contributed by atoms with Crippen molar-refractivity contribution in [2.24, 2.45) is 5.92 Å². The first kappa shape index (κ1) is 12.6. The second kappa shape index (κ2) is 4.78. The van der Waals surface area contributed by atoms with E-state index in [9.17, 15) is 8.42 Å². The fourth-order valence-electron chi connectivity index (χ4n) is 1.95. The average Bonchev–Trinajstić information content (AvgIpc) is 2.14. The topological polar surface area (TPSA) is 43.4 Å². The van der Waals surface area contributed by atoms with E-state index in [1.165, 1.54) is 6.42 Å². The number of benzene rings is 1. The average molecular weight is 254 g/mol. The van der Waals surface area contributed by atoms with Gasteiger partial charge in [-0.15, -0.1) is 0 Å². The summed E-state index contributed by atoms with van der Waals surface area (Å²) in [4.78, 5) is 0.245. The van der Waals surface area contributed by atoms with Crippen LogP contribution >= 0.6 is 0 Å². The lowest BCUT2D eigenvalue weighted by Gasteiger charge is -2.30. The van der Waals surface area contributed by atoms with Gasteiger partial charge in [0.2, 0.25) is 0 Å². The van der Waals surface area contributed by atoms with Gasteiger partial charge in [0.25, 0.3) is 10.1 Å². The molecule has 0 spiro atoms. The molecular formula is C13H18O3S. The summed E-state index contributed by atoms with van der Waals surface area (Å²) < 4.78 is 29.2. The van der Waals surface area contributed by atoms with Crippen molar-refractivity contribution in [3.8, 4) is 0 Å². The summed E-state index contributed by atoms with van der Waals surface area (Å²) in [6.45, 7) is 3.77. The highest BCUT2D eigenvalue weighted by molar-refractivity contribution is 7.86. The van der Waals surface area contributed by atoms with E-state index < -0.39 is 10.1 Å². The van der Waals surface area contributed by atoms with Crippen LogP contribution in [0.1, 0.15) is 31.7 Å². The monoisotopic (exact) mass is 254 g/mol. The molecule has 0 bridgehead atoms. The largest absolute Gasteiger partial charge is 0.297 e. The van der Waals surface area contributed by atoms with Gasteiger partial charge in [-0.05, 0) is 44.7 Å². The summed E-state index contributed by atoms with van der Waals surface area (Å²) >= 11 is 0. The molecule has 1 aliphatic carbocycles. The fraction of sp³-hybridized carbons (Fsp3) is 0.538. The molecule has 4 heteroatoms. The molecule has 1 fully saturated rings. The molecule has 0 aromatic heterocycles. The molecule has 1 atom stereocenters. The third kappa shape index (κ3) is 2.87. The van der Waals surface area contributed by atoms with Crippen molar-refractivity contribution in [2.75, 3.05) is 0 Å². The molecule has 0 heterocycles. The maximum absolute atomic E-state index is 12.0. The highest BCUT2D eigenvalue weighted by Gasteiger charge is 2.29. The Bertz CT molecular complexity index is 472.